The number of anilines is 3. The number of hydrogen-bond donors (Lipinski definition) is 3. The molecule has 0 bridgehead atoms. The SMILES string of the molecule is Cc1ccc(Nc2ccc(N)cc2C(=O)NC2CC2)cc1Cl. The molecule has 0 unspecified atom stereocenters. The van der Waals surface area contributed by atoms with E-state index in [0.717, 1.165) is 24.1 Å². The minimum absolute atomic E-state index is 0.101. The van der Waals surface area contributed by atoms with Crippen molar-refractivity contribution in [1.29, 1.82) is 0 Å². The number of carbonyl (C=O) groups excluding carboxylic acids is 1. The number of rotatable bonds is 4. The van der Waals surface area contributed by atoms with Crippen LogP contribution in [0.15, 0.2) is 36.4 Å². The minimum atomic E-state index is -0.101. The largest absolute Gasteiger partial charge is 0.399 e. The summed E-state index contributed by atoms with van der Waals surface area (Å²) in [6, 6.07) is 11.3. The van der Waals surface area contributed by atoms with E-state index in [1.807, 2.05) is 31.2 Å². The quantitative estimate of drug-likeness (QED) is 0.750. The average Bonchev–Trinajstić information content (AvgIpc) is 3.28. The summed E-state index contributed by atoms with van der Waals surface area (Å²) < 4.78 is 0. The van der Waals surface area contributed by atoms with Gasteiger partial charge in [-0.2, -0.15) is 0 Å². The van der Waals surface area contributed by atoms with Gasteiger partial charge in [-0.05, 0) is 55.7 Å². The number of aryl methyl sites for hydroxylation is 1. The number of halogens is 1. The van der Waals surface area contributed by atoms with E-state index in [1.165, 1.54) is 0 Å². The van der Waals surface area contributed by atoms with Crippen LogP contribution in [0.1, 0.15) is 28.8 Å². The highest BCUT2D eigenvalue weighted by Gasteiger charge is 2.25. The standard InChI is InChI=1S/C17H18ClN3O/c1-10-2-4-13(9-15(10)18)20-16-7-3-11(19)8-14(16)17(22)21-12-5-6-12/h2-4,7-9,12,20H,5-6,19H2,1H3,(H,21,22). The Labute approximate surface area is 134 Å². The van der Waals surface area contributed by atoms with Crippen LogP contribution >= 0.6 is 11.6 Å². The summed E-state index contributed by atoms with van der Waals surface area (Å²) in [5.74, 6) is -0.101. The molecule has 0 atom stereocenters. The molecule has 0 radical (unpaired) electrons. The van der Waals surface area contributed by atoms with Crippen molar-refractivity contribution in [3.8, 4) is 0 Å². The lowest BCUT2D eigenvalue weighted by Crippen LogP contribution is -2.26. The Balaban J connectivity index is 1.88. The molecule has 4 nitrogen and oxygen atoms in total. The molecule has 1 amide bonds. The monoisotopic (exact) mass is 315 g/mol. The summed E-state index contributed by atoms with van der Waals surface area (Å²) in [6.07, 6.45) is 2.09. The molecule has 1 saturated carbocycles. The molecule has 22 heavy (non-hydrogen) atoms. The molecule has 1 fully saturated rings. The number of carbonyl (C=O) groups is 1. The van der Waals surface area contributed by atoms with Crippen molar-refractivity contribution >= 4 is 34.6 Å². The van der Waals surface area contributed by atoms with Gasteiger partial charge in [0.1, 0.15) is 0 Å². The first-order valence-corrected chi connectivity index (χ1v) is 7.64. The third-order valence-corrected chi connectivity index (χ3v) is 4.06. The summed E-state index contributed by atoms with van der Waals surface area (Å²) >= 11 is 6.15. The Morgan fingerprint density at radius 3 is 2.68 bits per heavy atom. The molecular formula is C17H18ClN3O. The Bertz CT molecular complexity index is 726. The van der Waals surface area contributed by atoms with Gasteiger partial charge in [0.15, 0.2) is 0 Å². The van der Waals surface area contributed by atoms with E-state index in [4.69, 9.17) is 17.3 Å². The molecule has 0 aromatic heterocycles. The first-order valence-electron chi connectivity index (χ1n) is 7.26. The van der Waals surface area contributed by atoms with E-state index in [1.54, 1.807) is 12.1 Å². The normalized spacial score (nSPS) is 13.7. The van der Waals surface area contributed by atoms with E-state index >= 15 is 0 Å². The van der Waals surface area contributed by atoms with Crippen molar-refractivity contribution < 1.29 is 4.79 Å². The molecule has 4 N–H and O–H groups in total. The zero-order chi connectivity index (χ0) is 15.7. The Morgan fingerprint density at radius 1 is 1.23 bits per heavy atom. The van der Waals surface area contributed by atoms with Gasteiger partial charge in [0, 0.05) is 22.4 Å². The summed E-state index contributed by atoms with van der Waals surface area (Å²) in [7, 11) is 0. The van der Waals surface area contributed by atoms with E-state index in [2.05, 4.69) is 10.6 Å². The van der Waals surface area contributed by atoms with Crippen molar-refractivity contribution in [3.63, 3.8) is 0 Å². The van der Waals surface area contributed by atoms with E-state index in [9.17, 15) is 4.79 Å². The van der Waals surface area contributed by atoms with Crippen molar-refractivity contribution in [1.82, 2.24) is 5.32 Å². The lowest BCUT2D eigenvalue weighted by atomic mass is 10.1. The topological polar surface area (TPSA) is 67.1 Å². The van der Waals surface area contributed by atoms with Gasteiger partial charge >= 0.3 is 0 Å². The molecule has 114 valence electrons. The van der Waals surface area contributed by atoms with Crippen LogP contribution in [-0.4, -0.2) is 11.9 Å². The molecule has 2 aromatic carbocycles. The van der Waals surface area contributed by atoms with Crippen LogP contribution in [0.25, 0.3) is 0 Å². The Morgan fingerprint density at radius 2 is 2.00 bits per heavy atom. The van der Waals surface area contributed by atoms with Crippen molar-refractivity contribution in [2.45, 2.75) is 25.8 Å². The summed E-state index contributed by atoms with van der Waals surface area (Å²) in [5, 5.41) is 6.91. The van der Waals surface area contributed by atoms with Gasteiger partial charge in [0.2, 0.25) is 0 Å². The maximum Gasteiger partial charge on any atom is 0.253 e. The maximum absolute atomic E-state index is 12.3. The number of nitrogens with two attached hydrogens (primary N) is 1. The summed E-state index contributed by atoms with van der Waals surface area (Å²) in [5.41, 5.74) is 9.49. The first kappa shape index (κ1) is 14.7. The second-order valence-electron chi connectivity index (χ2n) is 5.64. The predicted molar refractivity (Wildman–Crippen MR) is 90.8 cm³/mol. The molecule has 0 aliphatic heterocycles. The predicted octanol–water partition coefficient (Wildman–Crippen LogP) is 3.87. The fourth-order valence-electron chi connectivity index (χ4n) is 2.18. The van der Waals surface area contributed by atoms with E-state index in [-0.39, 0.29) is 5.91 Å². The highest BCUT2D eigenvalue weighted by Crippen LogP contribution is 2.27. The smallest absolute Gasteiger partial charge is 0.253 e. The highest BCUT2D eigenvalue weighted by molar-refractivity contribution is 6.31. The second kappa shape index (κ2) is 5.89. The zero-order valence-electron chi connectivity index (χ0n) is 12.3. The van der Waals surface area contributed by atoms with Crippen molar-refractivity contribution in [3.05, 3.63) is 52.5 Å². The molecule has 5 heteroatoms. The molecular weight excluding hydrogens is 298 g/mol. The average molecular weight is 316 g/mol. The minimum Gasteiger partial charge on any atom is -0.399 e. The van der Waals surface area contributed by atoms with Gasteiger partial charge in [0.05, 0.1) is 11.3 Å². The Hall–Kier alpha value is -2.20. The van der Waals surface area contributed by atoms with Crippen LogP contribution in [0.3, 0.4) is 0 Å². The Kier molecular flexibility index (Phi) is 3.94. The van der Waals surface area contributed by atoms with Gasteiger partial charge in [-0.15, -0.1) is 0 Å². The third kappa shape index (κ3) is 3.34. The van der Waals surface area contributed by atoms with Crippen LogP contribution < -0.4 is 16.4 Å². The van der Waals surface area contributed by atoms with Gasteiger partial charge in [-0.1, -0.05) is 17.7 Å². The molecule has 3 rings (SSSR count). The van der Waals surface area contributed by atoms with Gasteiger partial charge < -0.3 is 16.4 Å². The number of nitrogens with one attached hydrogen (secondary N) is 2. The molecule has 0 saturated heterocycles. The zero-order valence-corrected chi connectivity index (χ0v) is 13.1. The highest BCUT2D eigenvalue weighted by atomic mass is 35.5. The second-order valence-corrected chi connectivity index (χ2v) is 6.05. The van der Waals surface area contributed by atoms with Crippen LogP contribution in [0.4, 0.5) is 17.1 Å². The first-order chi connectivity index (χ1) is 10.5. The lowest BCUT2D eigenvalue weighted by molar-refractivity contribution is 0.0952. The van der Waals surface area contributed by atoms with Crippen LogP contribution in [0, 0.1) is 6.92 Å². The fourth-order valence-corrected chi connectivity index (χ4v) is 2.36. The van der Waals surface area contributed by atoms with Crippen molar-refractivity contribution in [2.24, 2.45) is 0 Å². The molecule has 1 aliphatic carbocycles. The van der Waals surface area contributed by atoms with Crippen LogP contribution in [-0.2, 0) is 0 Å². The molecule has 2 aromatic rings. The van der Waals surface area contributed by atoms with Gasteiger partial charge in [-0.3, -0.25) is 4.79 Å². The van der Waals surface area contributed by atoms with E-state index in [0.29, 0.717) is 28.0 Å². The molecule has 0 spiro atoms. The number of amides is 1. The van der Waals surface area contributed by atoms with Gasteiger partial charge in [0.25, 0.3) is 5.91 Å². The third-order valence-electron chi connectivity index (χ3n) is 3.65. The number of benzene rings is 2. The van der Waals surface area contributed by atoms with Crippen molar-refractivity contribution in [2.75, 3.05) is 11.1 Å². The van der Waals surface area contributed by atoms with E-state index < -0.39 is 0 Å². The fraction of sp³-hybridized carbons (Fsp3) is 0.235. The molecule has 0 heterocycles. The van der Waals surface area contributed by atoms with Crippen LogP contribution in [0.2, 0.25) is 5.02 Å². The summed E-state index contributed by atoms with van der Waals surface area (Å²) in [4.78, 5) is 12.3. The number of hydrogen-bond acceptors (Lipinski definition) is 3. The maximum atomic E-state index is 12.3. The number of nitrogen functional groups attached to an aromatic ring is 1. The lowest BCUT2D eigenvalue weighted by Gasteiger charge is -2.13. The molecule has 1 aliphatic rings. The summed E-state index contributed by atoms with van der Waals surface area (Å²) in [6.45, 7) is 1.95. The van der Waals surface area contributed by atoms with Crippen LogP contribution in [0.5, 0.6) is 0 Å². The van der Waals surface area contributed by atoms with Gasteiger partial charge in [-0.25, -0.2) is 0 Å².